The van der Waals surface area contributed by atoms with Gasteiger partial charge in [-0.1, -0.05) is 18.9 Å². The van der Waals surface area contributed by atoms with Crippen molar-refractivity contribution >= 4 is 12.0 Å². The average molecular weight is 240 g/mol. The van der Waals surface area contributed by atoms with Gasteiger partial charge in [0.05, 0.1) is 12.0 Å². The van der Waals surface area contributed by atoms with Gasteiger partial charge in [0.25, 0.3) is 0 Å². The van der Waals surface area contributed by atoms with E-state index in [4.69, 9.17) is 5.11 Å². The maximum atomic E-state index is 11.8. The average Bonchev–Trinajstić information content (AvgIpc) is 2.65. The van der Waals surface area contributed by atoms with E-state index >= 15 is 0 Å². The Kier molecular flexibility index (Phi) is 4.54. The molecule has 0 aromatic carbocycles. The molecule has 0 aliphatic heterocycles. The Bertz CT molecular complexity index is 309. The molecule has 1 aliphatic carbocycles. The molecule has 2 N–H and O–H groups in total. The summed E-state index contributed by atoms with van der Waals surface area (Å²) in [6, 6.07) is -0.229. The molecular weight excluding hydrogens is 220 g/mol. The van der Waals surface area contributed by atoms with E-state index in [0.29, 0.717) is 6.54 Å². The van der Waals surface area contributed by atoms with Gasteiger partial charge >= 0.3 is 12.0 Å². The number of likely N-dealkylation sites (N-methyl/N-ethyl adjacent to an activating group) is 1. The molecule has 0 aromatic heterocycles. The largest absolute Gasteiger partial charge is 0.481 e. The summed E-state index contributed by atoms with van der Waals surface area (Å²) in [5.74, 6) is -0.862. The van der Waals surface area contributed by atoms with Crippen LogP contribution in [0.2, 0.25) is 0 Å². The first kappa shape index (κ1) is 13.5. The summed E-state index contributed by atoms with van der Waals surface area (Å²) in [6.07, 6.45) is 5.07. The van der Waals surface area contributed by atoms with Crippen molar-refractivity contribution < 1.29 is 14.7 Å². The third kappa shape index (κ3) is 3.76. The van der Waals surface area contributed by atoms with Gasteiger partial charge in [0.15, 0.2) is 0 Å². The van der Waals surface area contributed by atoms with Gasteiger partial charge in [-0.05, 0) is 12.8 Å². The zero-order chi connectivity index (χ0) is 12.9. The summed E-state index contributed by atoms with van der Waals surface area (Å²) in [5, 5.41) is 11.8. The Labute approximate surface area is 101 Å². The fourth-order valence-electron chi connectivity index (χ4n) is 2.29. The fourth-order valence-corrected chi connectivity index (χ4v) is 2.29. The first-order chi connectivity index (χ1) is 7.99. The fraction of sp³-hybridized carbons (Fsp3) is 0.667. The third-order valence-electron chi connectivity index (χ3n) is 3.17. The number of urea groups is 1. The van der Waals surface area contributed by atoms with Crippen LogP contribution in [0.3, 0.4) is 0 Å². The lowest BCUT2D eigenvalue weighted by Gasteiger charge is -2.31. The van der Waals surface area contributed by atoms with Crippen molar-refractivity contribution in [3.05, 3.63) is 12.7 Å². The number of amides is 2. The molecule has 0 atom stereocenters. The molecule has 5 heteroatoms. The monoisotopic (exact) mass is 240 g/mol. The van der Waals surface area contributed by atoms with Gasteiger partial charge in [-0.2, -0.15) is 0 Å². The molecular formula is C12H20N2O3. The van der Waals surface area contributed by atoms with Crippen molar-refractivity contribution in [3.63, 3.8) is 0 Å². The van der Waals surface area contributed by atoms with E-state index in [0.717, 1.165) is 25.7 Å². The lowest BCUT2D eigenvalue weighted by atomic mass is 9.93. The maximum Gasteiger partial charge on any atom is 0.317 e. The molecule has 1 saturated carbocycles. The predicted molar refractivity (Wildman–Crippen MR) is 64.8 cm³/mol. The van der Waals surface area contributed by atoms with E-state index in [2.05, 4.69) is 11.9 Å². The van der Waals surface area contributed by atoms with Crippen LogP contribution in [-0.2, 0) is 4.79 Å². The lowest BCUT2D eigenvalue weighted by Crippen LogP contribution is -2.52. The Balaban J connectivity index is 2.63. The Morgan fingerprint density at radius 1 is 1.47 bits per heavy atom. The zero-order valence-electron chi connectivity index (χ0n) is 10.2. The minimum Gasteiger partial charge on any atom is -0.481 e. The number of nitrogens with zero attached hydrogens (tertiary/aromatic N) is 1. The third-order valence-corrected chi connectivity index (χ3v) is 3.17. The molecule has 0 unspecified atom stereocenters. The smallest absolute Gasteiger partial charge is 0.317 e. The van der Waals surface area contributed by atoms with Crippen LogP contribution in [0, 0.1) is 0 Å². The molecule has 17 heavy (non-hydrogen) atoms. The highest BCUT2D eigenvalue weighted by Gasteiger charge is 2.37. The van der Waals surface area contributed by atoms with Crippen molar-refractivity contribution in [2.45, 2.75) is 37.6 Å². The topological polar surface area (TPSA) is 69.6 Å². The molecule has 0 radical (unpaired) electrons. The quantitative estimate of drug-likeness (QED) is 0.717. The van der Waals surface area contributed by atoms with Crippen molar-refractivity contribution in [2.75, 3.05) is 13.6 Å². The molecule has 0 bridgehead atoms. The SMILES string of the molecule is C=CCN(C)C(=O)NC1(CC(=O)O)CCCC1. The molecule has 1 fully saturated rings. The number of hydrogen-bond acceptors (Lipinski definition) is 2. The highest BCUT2D eigenvalue weighted by atomic mass is 16.4. The molecule has 5 nitrogen and oxygen atoms in total. The Hall–Kier alpha value is -1.52. The van der Waals surface area contributed by atoms with Gasteiger partial charge in [0, 0.05) is 13.6 Å². The van der Waals surface area contributed by atoms with E-state index < -0.39 is 11.5 Å². The van der Waals surface area contributed by atoms with Crippen LogP contribution in [-0.4, -0.2) is 41.1 Å². The van der Waals surface area contributed by atoms with Gasteiger partial charge in [-0.25, -0.2) is 4.79 Å². The van der Waals surface area contributed by atoms with Crippen molar-refractivity contribution in [1.29, 1.82) is 0 Å². The molecule has 0 saturated heterocycles. The first-order valence-electron chi connectivity index (χ1n) is 5.85. The lowest BCUT2D eigenvalue weighted by molar-refractivity contribution is -0.138. The minimum atomic E-state index is -0.862. The number of hydrogen-bond donors (Lipinski definition) is 2. The van der Waals surface area contributed by atoms with Crippen molar-refractivity contribution in [1.82, 2.24) is 10.2 Å². The molecule has 0 spiro atoms. The van der Waals surface area contributed by atoms with E-state index in [9.17, 15) is 9.59 Å². The van der Waals surface area contributed by atoms with Gasteiger partial charge < -0.3 is 15.3 Å². The number of carboxylic acid groups (broad SMARTS) is 1. The van der Waals surface area contributed by atoms with Crippen LogP contribution in [0.25, 0.3) is 0 Å². The van der Waals surface area contributed by atoms with Crippen LogP contribution in [0.15, 0.2) is 12.7 Å². The van der Waals surface area contributed by atoms with E-state index in [1.165, 1.54) is 4.90 Å². The summed E-state index contributed by atoms with van der Waals surface area (Å²) in [5.41, 5.74) is -0.557. The van der Waals surface area contributed by atoms with E-state index in [1.807, 2.05) is 0 Å². The summed E-state index contributed by atoms with van der Waals surface area (Å²) < 4.78 is 0. The van der Waals surface area contributed by atoms with Gasteiger partial charge in [0.1, 0.15) is 0 Å². The van der Waals surface area contributed by atoms with Crippen LogP contribution < -0.4 is 5.32 Å². The van der Waals surface area contributed by atoms with E-state index in [-0.39, 0.29) is 12.5 Å². The van der Waals surface area contributed by atoms with Crippen LogP contribution in [0.1, 0.15) is 32.1 Å². The van der Waals surface area contributed by atoms with Crippen LogP contribution >= 0.6 is 0 Å². The summed E-state index contributed by atoms with van der Waals surface area (Å²) >= 11 is 0. The highest BCUT2D eigenvalue weighted by molar-refractivity contribution is 5.77. The molecule has 0 aromatic rings. The molecule has 0 heterocycles. The van der Waals surface area contributed by atoms with Gasteiger partial charge in [0.2, 0.25) is 0 Å². The van der Waals surface area contributed by atoms with Crippen molar-refractivity contribution in [3.8, 4) is 0 Å². The van der Waals surface area contributed by atoms with E-state index in [1.54, 1.807) is 13.1 Å². The number of carboxylic acids is 1. The first-order valence-corrected chi connectivity index (χ1v) is 5.85. The van der Waals surface area contributed by atoms with Crippen molar-refractivity contribution in [2.24, 2.45) is 0 Å². The number of aliphatic carboxylic acids is 1. The normalized spacial score (nSPS) is 17.5. The number of carbonyl (C=O) groups excluding carboxylic acids is 1. The zero-order valence-corrected chi connectivity index (χ0v) is 10.2. The molecule has 2 amide bonds. The van der Waals surface area contributed by atoms with Crippen LogP contribution in [0.5, 0.6) is 0 Å². The second kappa shape index (κ2) is 5.70. The molecule has 96 valence electrons. The number of rotatable bonds is 5. The maximum absolute atomic E-state index is 11.8. The van der Waals surface area contributed by atoms with Crippen LogP contribution in [0.4, 0.5) is 4.79 Å². The minimum absolute atomic E-state index is 0.000664. The second-order valence-electron chi connectivity index (χ2n) is 4.66. The Morgan fingerprint density at radius 2 is 2.06 bits per heavy atom. The summed E-state index contributed by atoms with van der Waals surface area (Å²) in [4.78, 5) is 24.2. The van der Waals surface area contributed by atoms with Gasteiger partial charge in [-0.3, -0.25) is 4.79 Å². The predicted octanol–water partition coefficient (Wildman–Crippen LogP) is 1.60. The highest BCUT2D eigenvalue weighted by Crippen LogP contribution is 2.32. The Morgan fingerprint density at radius 3 is 2.53 bits per heavy atom. The van der Waals surface area contributed by atoms with Gasteiger partial charge in [-0.15, -0.1) is 6.58 Å². The summed E-state index contributed by atoms with van der Waals surface area (Å²) in [6.45, 7) is 4.02. The number of nitrogens with one attached hydrogen (secondary N) is 1. The number of carbonyl (C=O) groups is 2. The molecule has 1 aliphatic rings. The second-order valence-corrected chi connectivity index (χ2v) is 4.66. The standard InChI is InChI=1S/C12H20N2O3/c1-3-8-14(2)11(17)13-12(9-10(15)16)6-4-5-7-12/h3H,1,4-9H2,2H3,(H,13,17)(H,15,16). The summed E-state index contributed by atoms with van der Waals surface area (Å²) in [7, 11) is 1.67. The molecule has 1 rings (SSSR count).